The van der Waals surface area contributed by atoms with Crippen LogP contribution in [-0.4, -0.2) is 29.0 Å². The van der Waals surface area contributed by atoms with Gasteiger partial charge in [0.25, 0.3) is 11.6 Å². The average Bonchev–Trinajstić information content (AvgIpc) is 2.38. The Balaban J connectivity index is 2.57. The molecule has 1 heterocycles. The van der Waals surface area contributed by atoms with Crippen molar-refractivity contribution in [3.8, 4) is 5.75 Å². The summed E-state index contributed by atoms with van der Waals surface area (Å²) in [4.78, 5) is 24.3. The van der Waals surface area contributed by atoms with E-state index in [1.807, 2.05) is 6.92 Å². The molecule has 108 valence electrons. The van der Waals surface area contributed by atoms with Crippen molar-refractivity contribution in [1.82, 2.24) is 0 Å². The number of amides is 1. The van der Waals surface area contributed by atoms with E-state index in [4.69, 9.17) is 10.5 Å². The van der Waals surface area contributed by atoms with Gasteiger partial charge < -0.3 is 15.4 Å². The molecule has 1 aromatic rings. The molecule has 0 aromatic heterocycles. The van der Waals surface area contributed by atoms with Gasteiger partial charge in [0.2, 0.25) is 0 Å². The van der Waals surface area contributed by atoms with Crippen molar-refractivity contribution >= 4 is 17.3 Å². The minimum atomic E-state index is -1.08. The summed E-state index contributed by atoms with van der Waals surface area (Å²) in [5.74, 6) is 0.112. The Hall–Kier alpha value is -2.15. The number of carbonyl (C=O) groups excluding carboxylic acids is 1. The van der Waals surface area contributed by atoms with Gasteiger partial charge in [0.1, 0.15) is 0 Å². The second-order valence-corrected chi connectivity index (χ2v) is 5.28. The third-order valence-corrected chi connectivity index (χ3v) is 3.29. The molecule has 0 spiro atoms. The zero-order valence-corrected chi connectivity index (χ0v) is 11.6. The van der Waals surface area contributed by atoms with Crippen LogP contribution in [0.3, 0.4) is 0 Å². The number of nitro benzene ring substituents is 1. The highest BCUT2D eigenvalue weighted by molar-refractivity contribution is 6.03. The molecule has 0 saturated carbocycles. The number of rotatable bonds is 3. The van der Waals surface area contributed by atoms with Crippen LogP contribution in [0.5, 0.6) is 5.75 Å². The van der Waals surface area contributed by atoms with Gasteiger partial charge in [0, 0.05) is 18.7 Å². The number of hydrogen-bond donors (Lipinski definition) is 1. The zero-order valence-electron chi connectivity index (χ0n) is 11.6. The molecule has 1 aliphatic heterocycles. The smallest absolute Gasteiger partial charge is 0.273 e. The molecule has 2 rings (SSSR count). The zero-order chi connectivity index (χ0) is 15.1. The van der Waals surface area contributed by atoms with Gasteiger partial charge in [-0.15, -0.1) is 0 Å². The number of non-ortho nitro benzene ring substituents is 1. The number of benzene rings is 1. The van der Waals surface area contributed by atoms with Gasteiger partial charge in [-0.25, -0.2) is 0 Å². The number of ether oxygens (including phenoxy) is 1. The van der Waals surface area contributed by atoms with E-state index in [1.165, 1.54) is 18.2 Å². The van der Waals surface area contributed by atoms with Crippen LogP contribution in [0.2, 0.25) is 0 Å². The largest absolute Gasteiger partial charge is 0.476 e. The Morgan fingerprint density at radius 1 is 1.50 bits per heavy atom. The molecule has 1 unspecified atom stereocenters. The first-order valence-electron chi connectivity index (χ1n) is 6.29. The summed E-state index contributed by atoms with van der Waals surface area (Å²) >= 11 is 0. The van der Waals surface area contributed by atoms with Crippen LogP contribution in [0.4, 0.5) is 11.4 Å². The van der Waals surface area contributed by atoms with Crippen LogP contribution >= 0.6 is 0 Å². The van der Waals surface area contributed by atoms with Crippen molar-refractivity contribution in [1.29, 1.82) is 0 Å². The highest BCUT2D eigenvalue weighted by atomic mass is 16.6. The maximum atomic E-state index is 12.4. The number of anilines is 1. The van der Waals surface area contributed by atoms with E-state index in [0.717, 1.165) is 0 Å². The van der Waals surface area contributed by atoms with Crippen LogP contribution in [0.25, 0.3) is 0 Å². The number of hydrogen-bond acceptors (Lipinski definition) is 5. The summed E-state index contributed by atoms with van der Waals surface area (Å²) in [5, 5.41) is 10.8. The van der Waals surface area contributed by atoms with Gasteiger partial charge >= 0.3 is 0 Å². The molecular weight excluding hydrogens is 262 g/mol. The molecule has 1 aliphatic rings. The fourth-order valence-electron chi connectivity index (χ4n) is 2.16. The molecule has 7 heteroatoms. The van der Waals surface area contributed by atoms with Gasteiger partial charge in [0.05, 0.1) is 16.7 Å². The van der Waals surface area contributed by atoms with Crippen molar-refractivity contribution < 1.29 is 14.5 Å². The maximum absolute atomic E-state index is 12.4. The monoisotopic (exact) mass is 279 g/mol. The Kier molecular flexibility index (Phi) is 3.39. The van der Waals surface area contributed by atoms with Crippen LogP contribution in [0, 0.1) is 10.1 Å². The van der Waals surface area contributed by atoms with Gasteiger partial charge in [0.15, 0.2) is 11.4 Å². The molecule has 7 nitrogen and oxygen atoms in total. The van der Waals surface area contributed by atoms with E-state index < -0.39 is 10.5 Å². The minimum Gasteiger partial charge on any atom is -0.476 e. The standard InChI is InChI=1S/C13H17N3O4/c1-8(7-14)15-10-5-4-9(16(18)19)6-11(10)20-13(2,3)12(15)17/h4-6,8H,7,14H2,1-3H3. The third kappa shape index (κ3) is 2.20. The van der Waals surface area contributed by atoms with Crippen LogP contribution in [-0.2, 0) is 4.79 Å². The van der Waals surface area contributed by atoms with Crippen LogP contribution in [0.15, 0.2) is 18.2 Å². The van der Waals surface area contributed by atoms with Gasteiger partial charge in [-0.1, -0.05) is 0 Å². The molecule has 2 N–H and O–H groups in total. The Bertz CT molecular complexity index is 571. The number of nitrogens with two attached hydrogens (primary N) is 1. The first-order chi connectivity index (χ1) is 9.27. The normalized spacial score (nSPS) is 18.2. The van der Waals surface area contributed by atoms with Crippen molar-refractivity contribution in [3.05, 3.63) is 28.3 Å². The summed E-state index contributed by atoms with van der Waals surface area (Å²) in [6.45, 7) is 5.38. The maximum Gasteiger partial charge on any atom is 0.273 e. The highest BCUT2D eigenvalue weighted by Gasteiger charge is 2.43. The molecule has 0 fully saturated rings. The molecule has 0 radical (unpaired) electrons. The minimum absolute atomic E-state index is 0.0748. The molecular formula is C13H17N3O4. The van der Waals surface area contributed by atoms with E-state index in [9.17, 15) is 14.9 Å². The Morgan fingerprint density at radius 2 is 2.15 bits per heavy atom. The van der Waals surface area contributed by atoms with E-state index in [0.29, 0.717) is 11.4 Å². The molecule has 0 aliphatic carbocycles. The second kappa shape index (κ2) is 4.75. The van der Waals surface area contributed by atoms with Gasteiger partial charge in [-0.3, -0.25) is 14.9 Å². The number of nitrogens with zero attached hydrogens (tertiary/aromatic N) is 2. The van der Waals surface area contributed by atoms with Gasteiger partial charge in [-0.05, 0) is 26.8 Å². The summed E-state index contributed by atoms with van der Waals surface area (Å²) in [5.41, 5.74) is 5.01. The van der Waals surface area contributed by atoms with E-state index in [1.54, 1.807) is 18.7 Å². The van der Waals surface area contributed by atoms with E-state index in [-0.39, 0.29) is 24.2 Å². The number of nitro groups is 1. The average molecular weight is 279 g/mol. The Morgan fingerprint density at radius 3 is 2.70 bits per heavy atom. The van der Waals surface area contributed by atoms with Crippen LogP contribution in [0.1, 0.15) is 20.8 Å². The Labute approximate surface area is 116 Å². The lowest BCUT2D eigenvalue weighted by atomic mass is 10.0. The second-order valence-electron chi connectivity index (χ2n) is 5.28. The van der Waals surface area contributed by atoms with Crippen molar-refractivity contribution in [2.75, 3.05) is 11.4 Å². The summed E-state index contributed by atoms with van der Waals surface area (Å²) in [7, 11) is 0. The first-order valence-corrected chi connectivity index (χ1v) is 6.29. The topological polar surface area (TPSA) is 98.7 Å². The SMILES string of the molecule is CC(CN)N1C(=O)C(C)(C)Oc2cc([N+](=O)[O-])ccc21. The molecule has 20 heavy (non-hydrogen) atoms. The molecule has 1 amide bonds. The van der Waals surface area contributed by atoms with E-state index in [2.05, 4.69) is 0 Å². The molecule has 1 atom stereocenters. The predicted octanol–water partition coefficient (Wildman–Crippen LogP) is 1.45. The van der Waals surface area contributed by atoms with Crippen molar-refractivity contribution in [2.24, 2.45) is 5.73 Å². The van der Waals surface area contributed by atoms with Crippen LogP contribution < -0.4 is 15.4 Å². The lowest BCUT2D eigenvalue weighted by Crippen LogP contribution is -2.56. The fraction of sp³-hybridized carbons (Fsp3) is 0.462. The number of fused-ring (bicyclic) bond motifs is 1. The van der Waals surface area contributed by atoms with Crippen molar-refractivity contribution in [3.63, 3.8) is 0 Å². The van der Waals surface area contributed by atoms with E-state index >= 15 is 0 Å². The predicted molar refractivity (Wildman–Crippen MR) is 73.8 cm³/mol. The fourth-order valence-corrected chi connectivity index (χ4v) is 2.16. The summed E-state index contributed by atoms with van der Waals surface area (Å²) in [6.07, 6.45) is 0. The van der Waals surface area contributed by atoms with Gasteiger partial charge in [-0.2, -0.15) is 0 Å². The van der Waals surface area contributed by atoms with Crippen molar-refractivity contribution in [2.45, 2.75) is 32.4 Å². The summed E-state index contributed by atoms with van der Waals surface area (Å²) in [6, 6.07) is 3.99. The lowest BCUT2D eigenvalue weighted by Gasteiger charge is -2.41. The third-order valence-electron chi connectivity index (χ3n) is 3.29. The summed E-state index contributed by atoms with van der Waals surface area (Å²) < 4.78 is 5.61. The quantitative estimate of drug-likeness (QED) is 0.666. The molecule has 0 bridgehead atoms. The lowest BCUT2D eigenvalue weighted by molar-refractivity contribution is -0.385. The molecule has 1 aromatic carbocycles. The first kappa shape index (κ1) is 14.3. The number of carbonyl (C=O) groups is 1. The molecule has 0 saturated heterocycles. The highest BCUT2D eigenvalue weighted by Crippen LogP contribution is 2.40.